The van der Waals surface area contributed by atoms with Gasteiger partial charge in [0.15, 0.2) is 0 Å². The molecule has 4 nitrogen and oxygen atoms in total. The van der Waals surface area contributed by atoms with E-state index >= 15 is 0 Å². The maximum Gasteiger partial charge on any atom is 0.335 e. The molecule has 0 rings (SSSR count). The molecular weight excluding hydrogens is 172 g/mol. The number of hydrogen-bond donors (Lipinski definition) is 0. The standard InChI is InChI=1S/C9H16O4/c1-7(2)9(10)13-8(3)12-6-5-11-4/h8H,1,5-6H2,2-4H3. The Morgan fingerprint density at radius 2 is 2.08 bits per heavy atom. The fraction of sp³-hybridized carbons (Fsp3) is 0.667. The zero-order chi connectivity index (χ0) is 10.3. The molecule has 0 aliphatic carbocycles. The van der Waals surface area contributed by atoms with Crippen LogP contribution < -0.4 is 0 Å². The lowest BCUT2D eigenvalue weighted by Gasteiger charge is -2.13. The lowest BCUT2D eigenvalue weighted by molar-refractivity contribution is -0.171. The van der Waals surface area contributed by atoms with E-state index in [4.69, 9.17) is 14.2 Å². The van der Waals surface area contributed by atoms with Crippen LogP contribution in [0.1, 0.15) is 13.8 Å². The predicted molar refractivity (Wildman–Crippen MR) is 48.2 cm³/mol. The molecule has 0 aromatic carbocycles. The van der Waals surface area contributed by atoms with Crippen LogP contribution in [-0.4, -0.2) is 32.6 Å². The SMILES string of the molecule is C=C(C)C(=O)OC(C)OCCOC. The number of carbonyl (C=O) groups excluding carboxylic acids is 1. The predicted octanol–water partition coefficient (Wildman–Crippen LogP) is 1.11. The van der Waals surface area contributed by atoms with Crippen molar-refractivity contribution in [2.45, 2.75) is 20.1 Å². The molecule has 1 unspecified atom stereocenters. The number of rotatable bonds is 6. The molecule has 0 aliphatic rings. The average molecular weight is 188 g/mol. The summed E-state index contributed by atoms with van der Waals surface area (Å²) in [6.45, 7) is 7.57. The Morgan fingerprint density at radius 1 is 1.46 bits per heavy atom. The molecule has 0 aromatic heterocycles. The Balaban J connectivity index is 3.55. The molecule has 0 saturated carbocycles. The Hall–Kier alpha value is -0.870. The third-order valence-electron chi connectivity index (χ3n) is 1.26. The van der Waals surface area contributed by atoms with Crippen LogP contribution in [0.5, 0.6) is 0 Å². The molecule has 13 heavy (non-hydrogen) atoms. The van der Waals surface area contributed by atoms with Crippen LogP contribution in [-0.2, 0) is 19.0 Å². The summed E-state index contributed by atoms with van der Waals surface area (Å²) in [4.78, 5) is 11.0. The van der Waals surface area contributed by atoms with Crippen molar-refractivity contribution < 1.29 is 19.0 Å². The minimum atomic E-state index is -0.556. The van der Waals surface area contributed by atoms with Gasteiger partial charge in [-0.1, -0.05) is 6.58 Å². The van der Waals surface area contributed by atoms with Crippen molar-refractivity contribution in [3.63, 3.8) is 0 Å². The van der Waals surface area contributed by atoms with E-state index < -0.39 is 12.3 Å². The van der Waals surface area contributed by atoms with Gasteiger partial charge in [0.1, 0.15) is 0 Å². The Bertz CT molecular complexity index is 176. The van der Waals surface area contributed by atoms with Gasteiger partial charge in [0.25, 0.3) is 0 Å². The van der Waals surface area contributed by atoms with Crippen molar-refractivity contribution in [2.75, 3.05) is 20.3 Å². The summed E-state index contributed by atoms with van der Waals surface area (Å²) in [5.74, 6) is -0.440. The molecule has 0 aromatic rings. The average Bonchev–Trinajstić information content (AvgIpc) is 2.04. The summed E-state index contributed by atoms with van der Waals surface area (Å²) in [5, 5.41) is 0. The maximum absolute atomic E-state index is 11.0. The highest BCUT2D eigenvalue weighted by Gasteiger charge is 2.09. The molecule has 0 amide bonds. The summed E-state index contributed by atoms with van der Waals surface area (Å²) < 4.78 is 14.7. The van der Waals surface area contributed by atoms with Gasteiger partial charge in [0.05, 0.1) is 13.2 Å². The second-order valence-electron chi connectivity index (χ2n) is 2.62. The van der Waals surface area contributed by atoms with Crippen LogP contribution in [0.15, 0.2) is 12.2 Å². The first-order chi connectivity index (χ1) is 6.07. The van der Waals surface area contributed by atoms with Gasteiger partial charge in [-0.15, -0.1) is 0 Å². The first kappa shape index (κ1) is 12.1. The third kappa shape index (κ3) is 6.31. The van der Waals surface area contributed by atoms with Gasteiger partial charge in [-0.3, -0.25) is 0 Å². The van der Waals surface area contributed by atoms with Gasteiger partial charge in [0, 0.05) is 12.7 Å². The molecule has 0 radical (unpaired) electrons. The van der Waals surface area contributed by atoms with E-state index in [1.165, 1.54) is 0 Å². The van der Waals surface area contributed by atoms with Crippen molar-refractivity contribution in [3.05, 3.63) is 12.2 Å². The van der Waals surface area contributed by atoms with E-state index in [9.17, 15) is 4.79 Å². The number of esters is 1. The molecule has 4 heteroatoms. The molecular formula is C9H16O4. The zero-order valence-electron chi connectivity index (χ0n) is 8.33. The second kappa shape index (κ2) is 6.62. The smallest absolute Gasteiger partial charge is 0.335 e. The largest absolute Gasteiger partial charge is 0.433 e. The number of hydrogen-bond acceptors (Lipinski definition) is 4. The van der Waals surface area contributed by atoms with E-state index in [2.05, 4.69) is 6.58 Å². The van der Waals surface area contributed by atoms with E-state index in [0.717, 1.165) is 0 Å². The maximum atomic E-state index is 11.0. The lowest BCUT2D eigenvalue weighted by Crippen LogP contribution is -2.20. The fourth-order valence-electron chi connectivity index (χ4n) is 0.583. The van der Waals surface area contributed by atoms with Gasteiger partial charge in [0.2, 0.25) is 6.29 Å². The highest BCUT2D eigenvalue weighted by atomic mass is 16.7. The number of carbonyl (C=O) groups is 1. The second-order valence-corrected chi connectivity index (χ2v) is 2.62. The van der Waals surface area contributed by atoms with Crippen LogP contribution in [0.3, 0.4) is 0 Å². The van der Waals surface area contributed by atoms with Crippen LogP contribution in [0.25, 0.3) is 0 Å². The van der Waals surface area contributed by atoms with Gasteiger partial charge in [-0.25, -0.2) is 4.79 Å². The van der Waals surface area contributed by atoms with Gasteiger partial charge < -0.3 is 14.2 Å². The molecule has 0 spiro atoms. The summed E-state index contributed by atoms with van der Waals surface area (Å²) >= 11 is 0. The van der Waals surface area contributed by atoms with Gasteiger partial charge >= 0.3 is 5.97 Å². The highest BCUT2D eigenvalue weighted by Crippen LogP contribution is 1.99. The van der Waals surface area contributed by atoms with Crippen LogP contribution >= 0.6 is 0 Å². The summed E-state index contributed by atoms with van der Waals surface area (Å²) in [6.07, 6.45) is -0.556. The van der Waals surface area contributed by atoms with E-state index in [-0.39, 0.29) is 0 Å². The third-order valence-corrected chi connectivity index (χ3v) is 1.26. The number of ether oxygens (including phenoxy) is 3. The van der Waals surface area contributed by atoms with Crippen LogP contribution in [0.4, 0.5) is 0 Å². The van der Waals surface area contributed by atoms with Crippen LogP contribution in [0.2, 0.25) is 0 Å². The van der Waals surface area contributed by atoms with Gasteiger partial charge in [-0.05, 0) is 13.8 Å². The monoisotopic (exact) mass is 188 g/mol. The minimum absolute atomic E-state index is 0.363. The summed E-state index contributed by atoms with van der Waals surface area (Å²) in [6, 6.07) is 0. The lowest BCUT2D eigenvalue weighted by atomic mass is 10.4. The minimum Gasteiger partial charge on any atom is -0.433 e. The first-order valence-corrected chi connectivity index (χ1v) is 4.05. The molecule has 0 saturated heterocycles. The molecule has 0 N–H and O–H groups in total. The molecule has 1 atom stereocenters. The van der Waals surface area contributed by atoms with E-state index in [0.29, 0.717) is 18.8 Å². The fourth-order valence-corrected chi connectivity index (χ4v) is 0.583. The Labute approximate surface area is 78.5 Å². The van der Waals surface area contributed by atoms with E-state index in [1.54, 1.807) is 21.0 Å². The quantitative estimate of drug-likeness (QED) is 0.271. The molecule has 0 heterocycles. The topological polar surface area (TPSA) is 44.8 Å². The summed E-state index contributed by atoms with van der Waals surface area (Å²) in [5.41, 5.74) is 0.363. The van der Waals surface area contributed by atoms with Crippen molar-refractivity contribution in [1.82, 2.24) is 0 Å². The molecule has 0 fully saturated rings. The molecule has 0 aliphatic heterocycles. The molecule has 0 bridgehead atoms. The molecule has 76 valence electrons. The highest BCUT2D eigenvalue weighted by molar-refractivity contribution is 5.86. The van der Waals surface area contributed by atoms with Crippen molar-refractivity contribution in [3.8, 4) is 0 Å². The Morgan fingerprint density at radius 3 is 2.54 bits per heavy atom. The Kier molecular flexibility index (Phi) is 6.18. The van der Waals surface area contributed by atoms with Crippen molar-refractivity contribution in [2.24, 2.45) is 0 Å². The first-order valence-electron chi connectivity index (χ1n) is 4.05. The normalized spacial score (nSPS) is 12.2. The summed E-state index contributed by atoms with van der Waals surface area (Å²) in [7, 11) is 1.58. The number of methoxy groups -OCH3 is 1. The van der Waals surface area contributed by atoms with Gasteiger partial charge in [-0.2, -0.15) is 0 Å². The van der Waals surface area contributed by atoms with Crippen molar-refractivity contribution >= 4 is 5.97 Å². The van der Waals surface area contributed by atoms with Crippen LogP contribution in [0, 0.1) is 0 Å². The van der Waals surface area contributed by atoms with Crippen molar-refractivity contribution in [1.29, 1.82) is 0 Å². The van der Waals surface area contributed by atoms with E-state index in [1.807, 2.05) is 0 Å². The zero-order valence-corrected chi connectivity index (χ0v) is 8.33.